The van der Waals surface area contributed by atoms with Crippen LogP contribution < -0.4 is 5.32 Å². The maximum Gasteiger partial charge on any atom is 0.285 e. The van der Waals surface area contributed by atoms with Gasteiger partial charge >= 0.3 is 0 Å². The summed E-state index contributed by atoms with van der Waals surface area (Å²) >= 11 is 5.90. The summed E-state index contributed by atoms with van der Waals surface area (Å²) in [5.41, 5.74) is -0.647. The predicted octanol–water partition coefficient (Wildman–Crippen LogP) is 3.26. The van der Waals surface area contributed by atoms with E-state index in [2.05, 4.69) is 5.32 Å². The number of rotatable bonds is 4. The molecule has 0 bridgehead atoms. The number of halogens is 2. The van der Waals surface area contributed by atoms with Crippen LogP contribution in [0.15, 0.2) is 18.2 Å². The second kappa shape index (κ2) is 6.85. The van der Waals surface area contributed by atoms with Gasteiger partial charge in [0.2, 0.25) is 0 Å². The Hall–Kier alpha value is -1.69. The van der Waals surface area contributed by atoms with Crippen LogP contribution in [0.4, 0.5) is 10.1 Å². The van der Waals surface area contributed by atoms with E-state index in [0.29, 0.717) is 5.88 Å². The Morgan fingerprint density at radius 1 is 1.43 bits per heavy atom. The highest BCUT2D eigenvalue weighted by molar-refractivity contribution is 6.18. The first-order chi connectivity index (χ1) is 10.0. The minimum atomic E-state index is -0.752. The zero-order valence-corrected chi connectivity index (χ0v) is 12.1. The fourth-order valence-electron chi connectivity index (χ4n) is 2.68. The molecule has 5 nitrogen and oxygen atoms in total. The van der Waals surface area contributed by atoms with Crippen LogP contribution in [0.1, 0.15) is 36.0 Å². The molecule has 0 radical (unpaired) electrons. The molecule has 7 heteroatoms. The zero-order valence-electron chi connectivity index (χ0n) is 11.4. The number of hydrogen-bond donors (Lipinski definition) is 1. The number of hydrogen-bond acceptors (Lipinski definition) is 3. The average Bonchev–Trinajstić information content (AvgIpc) is 2.47. The van der Waals surface area contributed by atoms with Crippen LogP contribution in [-0.4, -0.2) is 22.8 Å². The van der Waals surface area contributed by atoms with Crippen LogP contribution in [0.2, 0.25) is 0 Å². The van der Waals surface area contributed by atoms with Crippen LogP contribution in [0, 0.1) is 21.8 Å². The molecule has 2 unspecified atom stereocenters. The van der Waals surface area contributed by atoms with Crippen LogP contribution in [0.3, 0.4) is 0 Å². The summed E-state index contributed by atoms with van der Waals surface area (Å²) in [5.74, 6) is -0.682. The summed E-state index contributed by atoms with van der Waals surface area (Å²) in [6, 6.07) is 2.85. The molecule has 0 spiro atoms. The summed E-state index contributed by atoms with van der Waals surface area (Å²) in [5, 5.41) is 13.7. The second-order valence-electron chi connectivity index (χ2n) is 5.20. The van der Waals surface area contributed by atoms with Crippen molar-refractivity contribution in [1.82, 2.24) is 5.32 Å². The number of nitro groups is 1. The van der Waals surface area contributed by atoms with E-state index in [9.17, 15) is 19.3 Å². The molecule has 0 aromatic heterocycles. The fraction of sp³-hybridized carbons (Fsp3) is 0.500. The van der Waals surface area contributed by atoms with Gasteiger partial charge in [0.05, 0.1) is 11.0 Å². The topological polar surface area (TPSA) is 72.2 Å². The van der Waals surface area contributed by atoms with E-state index in [1.807, 2.05) is 0 Å². The number of nitrogens with zero attached hydrogens (tertiary/aromatic N) is 1. The van der Waals surface area contributed by atoms with Crippen molar-refractivity contribution in [1.29, 1.82) is 0 Å². The Labute approximate surface area is 126 Å². The molecule has 1 aliphatic rings. The van der Waals surface area contributed by atoms with Crippen molar-refractivity contribution < 1.29 is 14.1 Å². The lowest BCUT2D eigenvalue weighted by molar-refractivity contribution is -0.385. The average molecular weight is 315 g/mol. The van der Waals surface area contributed by atoms with Gasteiger partial charge in [-0.15, -0.1) is 11.6 Å². The van der Waals surface area contributed by atoms with Crippen LogP contribution in [0.5, 0.6) is 0 Å². The van der Waals surface area contributed by atoms with Gasteiger partial charge in [-0.05, 0) is 30.9 Å². The summed E-state index contributed by atoms with van der Waals surface area (Å²) in [7, 11) is 0. The van der Waals surface area contributed by atoms with Gasteiger partial charge in [-0.1, -0.05) is 12.8 Å². The summed E-state index contributed by atoms with van der Waals surface area (Å²) in [4.78, 5) is 22.4. The largest absolute Gasteiger partial charge is 0.349 e. The molecule has 1 aromatic carbocycles. The van der Waals surface area contributed by atoms with E-state index < -0.39 is 22.3 Å². The van der Waals surface area contributed by atoms with E-state index in [-0.39, 0.29) is 17.5 Å². The molecule has 0 saturated heterocycles. The minimum absolute atomic E-state index is 0.0894. The maximum atomic E-state index is 13.1. The van der Waals surface area contributed by atoms with Gasteiger partial charge in [-0.3, -0.25) is 14.9 Å². The van der Waals surface area contributed by atoms with Crippen LogP contribution in [0.25, 0.3) is 0 Å². The number of carbonyl (C=O) groups is 1. The highest BCUT2D eigenvalue weighted by Crippen LogP contribution is 2.26. The Balaban J connectivity index is 2.18. The zero-order chi connectivity index (χ0) is 15.4. The molecule has 0 aliphatic heterocycles. The highest BCUT2D eigenvalue weighted by atomic mass is 35.5. The Bertz CT molecular complexity index is 553. The first-order valence-electron chi connectivity index (χ1n) is 6.83. The van der Waals surface area contributed by atoms with E-state index in [1.54, 1.807) is 0 Å². The molecule has 1 saturated carbocycles. The Kier molecular flexibility index (Phi) is 5.12. The number of alkyl halides is 1. The molecule has 2 atom stereocenters. The van der Waals surface area contributed by atoms with Gasteiger partial charge in [0.25, 0.3) is 11.6 Å². The molecule has 1 N–H and O–H groups in total. The normalized spacial score (nSPS) is 21.8. The molecule has 1 fully saturated rings. The lowest BCUT2D eigenvalue weighted by Crippen LogP contribution is -2.43. The van der Waals surface area contributed by atoms with Crippen molar-refractivity contribution in [3.05, 3.63) is 39.7 Å². The monoisotopic (exact) mass is 314 g/mol. The van der Waals surface area contributed by atoms with E-state index in [1.165, 1.54) is 0 Å². The standard InChI is InChI=1S/C14H16ClFN2O3/c15-8-9-3-1-2-4-12(9)17-14(19)11-6-5-10(16)7-13(11)18(20)21/h5-7,9,12H,1-4,8H2,(H,17,19). The SMILES string of the molecule is O=C(NC1CCCCC1CCl)c1ccc(F)cc1[N+](=O)[O-]. The lowest BCUT2D eigenvalue weighted by atomic mass is 9.85. The smallest absolute Gasteiger partial charge is 0.285 e. The molecule has 114 valence electrons. The number of benzene rings is 1. The number of amides is 1. The molecule has 2 rings (SSSR count). The second-order valence-corrected chi connectivity index (χ2v) is 5.51. The molecular weight excluding hydrogens is 299 g/mol. The van der Waals surface area contributed by atoms with Crippen LogP contribution in [-0.2, 0) is 0 Å². The van der Waals surface area contributed by atoms with Crippen molar-refractivity contribution in [2.24, 2.45) is 5.92 Å². The maximum absolute atomic E-state index is 13.1. The highest BCUT2D eigenvalue weighted by Gasteiger charge is 2.28. The summed E-state index contributed by atoms with van der Waals surface area (Å²) in [6.07, 6.45) is 3.79. The van der Waals surface area contributed by atoms with Crippen molar-refractivity contribution in [2.75, 3.05) is 5.88 Å². The molecule has 1 amide bonds. The number of nitrogens with one attached hydrogen (secondary N) is 1. The van der Waals surface area contributed by atoms with Gasteiger partial charge < -0.3 is 5.32 Å². The molecule has 21 heavy (non-hydrogen) atoms. The molecular formula is C14H16ClFN2O3. The quantitative estimate of drug-likeness (QED) is 0.526. The van der Waals surface area contributed by atoms with Crippen molar-refractivity contribution in [3.8, 4) is 0 Å². The van der Waals surface area contributed by atoms with Crippen molar-refractivity contribution in [3.63, 3.8) is 0 Å². The van der Waals surface area contributed by atoms with Crippen molar-refractivity contribution in [2.45, 2.75) is 31.7 Å². The minimum Gasteiger partial charge on any atom is -0.349 e. The van der Waals surface area contributed by atoms with Gasteiger partial charge in [-0.25, -0.2) is 4.39 Å². The third-order valence-electron chi connectivity index (χ3n) is 3.82. The first-order valence-corrected chi connectivity index (χ1v) is 7.37. The molecule has 1 aliphatic carbocycles. The molecule has 0 heterocycles. The third kappa shape index (κ3) is 3.69. The summed E-state index contributed by atoms with van der Waals surface area (Å²) < 4.78 is 13.1. The lowest BCUT2D eigenvalue weighted by Gasteiger charge is -2.30. The third-order valence-corrected chi connectivity index (χ3v) is 4.22. The van der Waals surface area contributed by atoms with E-state index in [0.717, 1.165) is 43.9 Å². The van der Waals surface area contributed by atoms with E-state index >= 15 is 0 Å². The Morgan fingerprint density at radius 2 is 2.14 bits per heavy atom. The number of carbonyl (C=O) groups excluding carboxylic acids is 1. The van der Waals surface area contributed by atoms with Gasteiger partial charge in [0, 0.05) is 11.9 Å². The summed E-state index contributed by atoms with van der Waals surface area (Å²) in [6.45, 7) is 0. The first kappa shape index (κ1) is 15.7. The van der Waals surface area contributed by atoms with E-state index in [4.69, 9.17) is 11.6 Å². The predicted molar refractivity (Wildman–Crippen MR) is 77.0 cm³/mol. The van der Waals surface area contributed by atoms with Crippen LogP contribution >= 0.6 is 11.6 Å². The van der Waals surface area contributed by atoms with Crippen molar-refractivity contribution >= 4 is 23.2 Å². The molecule has 1 aromatic rings. The fourth-order valence-corrected chi connectivity index (χ4v) is 3.05. The van der Waals surface area contributed by atoms with Gasteiger partial charge in [-0.2, -0.15) is 0 Å². The van der Waals surface area contributed by atoms with Gasteiger partial charge in [0.1, 0.15) is 11.4 Å². The number of nitro benzene ring substituents is 1. The van der Waals surface area contributed by atoms with Gasteiger partial charge in [0.15, 0.2) is 0 Å². The Morgan fingerprint density at radius 3 is 2.81 bits per heavy atom.